The van der Waals surface area contributed by atoms with Crippen molar-refractivity contribution in [2.24, 2.45) is 5.92 Å². The van der Waals surface area contributed by atoms with Crippen LogP contribution in [0.5, 0.6) is 0 Å². The maximum absolute atomic E-state index is 12.3. The molecule has 1 aliphatic heterocycles. The van der Waals surface area contributed by atoms with Crippen molar-refractivity contribution in [2.45, 2.75) is 19.8 Å². The minimum Gasteiger partial charge on any atom is -0.337 e. The number of rotatable bonds is 2. The third-order valence-corrected chi connectivity index (χ3v) is 3.59. The Morgan fingerprint density at radius 3 is 2.65 bits per heavy atom. The number of nitrogens with zero attached hydrogens (tertiary/aromatic N) is 6. The summed E-state index contributed by atoms with van der Waals surface area (Å²) in [5.41, 5.74) is 0.378. The van der Waals surface area contributed by atoms with Gasteiger partial charge in [0, 0.05) is 13.1 Å². The summed E-state index contributed by atoms with van der Waals surface area (Å²) in [6.07, 6.45) is 5.07. The van der Waals surface area contributed by atoms with Crippen molar-refractivity contribution in [3.63, 3.8) is 0 Å². The predicted octanol–water partition coefficient (Wildman–Crippen LogP) is 0.929. The second-order valence-corrected chi connectivity index (χ2v) is 5.09. The monoisotopic (exact) mass is 272 g/mol. The van der Waals surface area contributed by atoms with Crippen LogP contribution in [0, 0.1) is 5.92 Å². The van der Waals surface area contributed by atoms with Crippen LogP contribution < -0.4 is 0 Å². The van der Waals surface area contributed by atoms with Gasteiger partial charge < -0.3 is 4.90 Å². The van der Waals surface area contributed by atoms with E-state index in [9.17, 15) is 4.79 Å². The highest BCUT2D eigenvalue weighted by atomic mass is 16.2. The van der Waals surface area contributed by atoms with E-state index in [2.05, 4.69) is 27.2 Å². The Bertz CT molecular complexity index is 571. The number of aromatic nitrogens is 5. The van der Waals surface area contributed by atoms with E-state index < -0.39 is 0 Å². The molecule has 20 heavy (non-hydrogen) atoms. The maximum atomic E-state index is 12.3. The Morgan fingerprint density at radius 1 is 1.25 bits per heavy atom. The first kappa shape index (κ1) is 12.7. The largest absolute Gasteiger partial charge is 0.337 e. The average Bonchev–Trinajstić information content (AvgIpc) is 3.02. The summed E-state index contributed by atoms with van der Waals surface area (Å²) in [6, 6.07) is 3.41. The van der Waals surface area contributed by atoms with E-state index >= 15 is 0 Å². The van der Waals surface area contributed by atoms with Crippen molar-refractivity contribution < 1.29 is 4.79 Å². The van der Waals surface area contributed by atoms with Gasteiger partial charge in [0.05, 0.1) is 0 Å². The van der Waals surface area contributed by atoms with E-state index in [1.165, 1.54) is 17.3 Å². The fourth-order valence-corrected chi connectivity index (χ4v) is 2.26. The van der Waals surface area contributed by atoms with Gasteiger partial charge in [0.1, 0.15) is 12.7 Å². The first-order valence-electron chi connectivity index (χ1n) is 6.72. The second kappa shape index (κ2) is 5.36. The minimum absolute atomic E-state index is 0.0467. The standard InChI is InChI=1S/C13H16N6O/c1-10-4-6-18(7-5-10)13(20)11-2-3-12(17-16-11)19-9-14-8-15-19/h2-3,8-10H,4-7H2,1H3. The molecule has 3 heterocycles. The zero-order chi connectivity index (χ0) is 13.9. The average molecular weight is 272 g/mol. The first-order valence-corrected chi connectivity index (χ1v) is 6.72. The fourth-order valence-electron chi connectivity index (χ4n) is 2.26. The van der Waals surface area contributed by atoms with E-state index in [-0.39, 0.29) is 5.91 Å². The smallest absolute Gasteiger partial charge is 0.274 e. The summed E-state index contributed by atoms with van der Waals surface area (Å²) in [5.74, 6) is 1.20. The SMILES string of the molecule is CC1CCN(C(=O)c2ccc(-n3cncn3)nn2)CC1. The highest BCUT2D eigenvalue weighted by molar-refractivity contribution is 5.92. The molecule has 2 aromatic rings. The normalized spacial score (nSPS) is 16.4. The van der Waals surface area contributed by atoms with Crippen LogP contribution in [0.25, 0.3) is 5.82 Å². The van der Waals surface area contributed by atoms with Crippen molar-refractivity contribution >= 4 is 5.91 Å². The van der Waals surface area contributed by atoms with E-state index in [1.807, 2.05) is 4.90 Å². The van der Waals surface area contributed by atoms with Gasteiger partial charge in [0.15, 0.2) is 11.5 Å². The van der Waals surface area contributed by atoms with Gasteiger partial charge in [0.2, 0.25) is 0 Å². The van der Waals surface area contributed by atoms with Crippen LogP contribution in [0.1, 0.15) is 30.3 Å². The molecule has 0 saturated carbocycles. The highest BCUT2D eigenvalue weighted by Gasteiger charge is 2.22. The summed E-state index contributed by atoms with van der Waals surface area (Å²) in [5, 5.41) is 12.0. The van der Waals surface area contributed by atoms with Gasteiger partial charge in [-0.3, -0.25) is 4.79 Å². The molecule has 1 fully saturated rings. The zero-order valence-electron chi connectivity index (χ0n) is 11.3. The molecule has 1 amide bonds. The number of amides is 1. The van der Waals surface area contributed by atoms with Gasteiger partial charge in [-0.15, -0.1) is 10.2 Å². The summed E-state index contributed by atoms with van der Waals surface area (Å²) in [7, 11) is 0. The molecule has 3 rings (SSSR count). The molecule has 0 aliphatic carbocycles. The van der Waals surface area contributed by atoms with Gasteiger partial charge in [0.25, 0.3) is 5.91 Å². The Labute approximate surface area is 116 Å². The van der Waals surface area contributed by atoms with Gasteiger partial charge in [-0.1, -0.05) is 6.92 Å². The first-order chi connectivity index (χ1) is 9.74. The number of hydrogen-bond donors (Lipinski definition) is 0. The van der Waals surface area contributed by atoms with Crippen LogP contribution >= 0.6 is 0 Å². The summed E-state index contributed by atoms with van der Waals surface area (Å²) >= 11 is 0. The number of carbonyl (C=O) groups excluding carboxylic acids is 1. The molecule has 7 heteroatoms. The van der Waals surface area contributed by atoms with Gasteiger partial charge in [-0.05, 0) is 30.9 Å². The minimum atomic E-state index is -0.0467. The second-order valence-electron chi connectivity index (χ2n) is 5.09. The summed E-state index contributed by atoms with van der Waals surface area (Å²) in [4.78, 5) is 18.0. The van der Waals surface area contributed by atoms with Gasteiger partial charge in [-0.2, -0.15) is 5.10 Å². The molecular weight excluding hydrogens is 256 g/mol. The third kappa shape index (κ3) is 2.52. The number of likely N-dealkylation sites (tertiary alicyclic amines) is 1. The zero-order valence-corrected chi connectivity index (χ0v) is 11.3. The summed E-state index contributed by atoms with van der Waals surface area (Å²) in [6.45, 7) is 3.81. The van der Waals surface area contributed by atoms with E-state index in [0.717, 1.165) is 25.9 Å². The van der Waals surface area contributed by atoms with Crippen LogP contribution in [0.15, 0.2) is 24.8 Å². The molecule has 1 saturated heterocycles. The number of hydrogen-bond acceptors (Lipinski definition) is 5. The lowest BCUT2D eigenvalue weighted by molar-refractivity contribution is 0.0690. The highest BCUT2D eigenvalue weighted by Crippen LogP contribution is 2.17. The fraction of sp³-hybridized carbons (Fsp3) is 0.462. The molecule has 0 atom stereocenters. The Hall–Kier alpha value is -2.31. The number of piperidine rings is 1. The van der Waals surface area contributed by atoms with Crippen molar-refractivity contribution in [3.05, 3.63) is 30.5 Å². The maximum Gasteiger partial charge on any atom is 0.274 e. The molecule has 7 nitrogen and oxygen atoms in total. The van der Waals surface area contributed by atoms with E-state index in [4.69, 9.17) is 0 Å². The quantitative estimate of drug-likeness (QED) is 0.812. The van der Waals surface area contributed by atoms with Crippen molar-refractivity contribution in [2.75, 3.05) is 13.1 Å². The van der Waals surface area contributed by atoms with Crippen LogP contribution in [0.2, 0.25) is 0 Å². The molecule has 0 radical (unpaired) electrons. The van der Waals surface area contributed by atoms with Crippen LogP contribution in [-0.2, 0) is 0 Å². The van der Waals surface area contributed by atoms with E-state index in [0.29, 0.717) is 17.4 Å². The lowest BCUT2D eigenvalue weighted by Crippen LogP contribution is -2.38. The van der Waals surface area contributed by atoms with Crippen LogP contribution in [-0.4, -0.2) is 48.9 Å². The van der Waals surface area contributed by atoms with Crippen molar-refractivity contribution in [1.29, 1.82) is 0 Å². The van der Waals surface area contributed by atoms with E-state index in [1.54, 1.807) is 12.1 Å². The molecular formula is C13H16N6O. The van der Waals surface area contributed by atoms with Crippen molar-refractivity contribution in [3.8, 4) is 5.82 Å². The molecule has 0 aromatic carbocycles. The molecule has 2 aromatic heterocycles. The lowest BCUT2D eigenvalue weighted by Gasteiger charge is -2.29. The Morgan fingerprint density at radius 2 is 2.05 bits per heavy atom. The molecule has 0 spiro atoms. The van der Waals surface area contributed by atoms with Crippen molar-refractivity contribution in [1.82, 2.24) is 29.9 Å². The lowest BCUT2D eigenvalue weighted by atomic mass is 9.99. The topological polar surface area (TPSA) is 76.8 Å². The Balaban J connectivity index is 1.73. The van der Waals surface area contributed by atoms with Gasteiger partial charge in [-0.25, -0.2) is 9.67 Å². The van der Waals surface area contributed by atoms with Crippen LogP contribution in [0.3, 0.4) is 0 Å². The molecule has 1 aliphatic rings. The number of carbonyl (C=O) groups is 1. The molecule has 0 bridgehead atoms. The summed E-state index contributed by atoms with van der Waals surface area (Å²) < 4.78 is 1.50. The molecule has 104 valence electrons. The predicted molar refractivity (Wildman–Crippen MR) is 71.3 cm³/mol. The third-order valence-electron chi connectivity index (χ3n) is 3.59. The molecule has 0 N–H and O–H groups in total. The molecule has 0 unspecified atom stereocenters. The van der Waals surface area contributed by atoms with Gasteiger partial charge >= 0.3 is 0 Å². The Kier molecular flexibility index (Phi) is 3.41. The van der Waals surface area contributed by atoms with Crippen LogP contribution in [0.4, 0.5) is 0 Å².